The van der Waals surface area contributed by atoms with Gasteiger partial charge in [0.2, 0.25) is 5.90 Å². The number of ether oxygens (including phenoxy) is 1. The molecule has 1 aliphatic heterocycles. The first-order valence-corrected chi connectivity index (χ1v) is 10.4. The van der Waals surface area contributed by atoms with Gasteiger partial charge in [-0.2, -0.15) is 13.2 Å². The van der Waals surface area contributed by atoms with E-state index in [0.717, 1.165) is 10.3 Å². The molecule has 0 spiro atoms. The Bertz CT molecular complexity index is 1140. The average molecular weight is 481 g/mol. The minimum atomic E-state index is -4.65. The number of amides is 2. The molecule has 184 valence electrons. The van der Waals surface area contributed by atoms with Gasteiger partial charge in [-0.1, -0.05) is 0 Å². The van der Waals surface area contributed by atoms with Crippen LogP contribution in [0.25, 0.3) is 0 Å². The first-order chi connectivity index (χ1) is 15.9. The molecule has 0 aromatic carbocycles. The van der Waals surface area contributed by atoms with Gasteiger partial charge in [0.05, 0.1) is 30.1 Å². The van der Waals surface area contributed by atoms with Gasteiger partial charge in [-0.25, -0.2) is 9.78 Å². The van der Waals surface area contributed by atoms with Gasteiger partial charge in [0, 0.05) is 39.4 Å². The largest absolute Gasteiger partial charge is 0.481 e. The number of hydrogen-bond donors (Lipinski definition) is 3. The first kappa shape index (κ1) is 24.9. The molecule has 10 nitrogen and oxygen atoms in total. The Morgan fingerprint density at radius 1 is 1.32 bits per heavy atom. The Kier molecular flexibility index (Phi) is 7.03. The van der Waals surface area contributed by atoms with Crippen LogP contribution >= 0.6 is 0 Å². The Balaban J connectivity index is 1.67. The lowest BCUT2D eigenvalue weighted by molar-refractivity contribution is -0.138. The molecule has 0 unspecified atom stereocenters. The summed E-state index contributed by atoms with van der Waals surface area (Å²) in [4.78, 5) is 32.5. The third kappa shape index (κ3) is 5.24. The van der Waals surface area contributed by atoms with Crippen molar-refractivity contribution in [2.24, 2.45) is 7.05 Å². The zero-order valence-electron chi connectivity index (χ0n) is 18.9. The molecule has 34 heavy (non-hydrogen) atoms. The highest BCUT2D eigenvalue weighted by Crippen LogP contribution is 2.30. The Hall–Kier alpha value is -3.77. The van der Waals surface area contributed by atoms with Crippen molar-refractivity contribution in [3.8, 4) is 0 Å². The predicted octanol–water partition coefficient (Wildman–Crippen LogP) is 2.49. The van der Waals surface area contributed by atoms with Crippen LogP contribution in [-0.4, -0.2) is 59.7 Å². The summed E-state index contributed by atoms with van der Waals surface area (Å²) in [6.45, 7) is 1.14. The van der Waals surface area contributed by atoms with Crippen LogP contribution in [0.3, 0.4) is 0 Å². The van der Waals surface area contributed by atoms with Gasteiger partial charge >= 0.3 is 12.2 Å². The lowest BCUT2D eigenvalue weighted by atomic mass is 10.0. The summed E-state index contributed by atoms with van der Waals surface area (Å²) >= 11 is 0. The number of aryl methyl sites for hydroxylation is 1. The number of anilines is 3. The molecule has 0 aliphatic carbocycles. The predicted molar refractivity (Wildman–Crippen MR) is 121 cm³/mol. The Morgan fingerprint density at radius 3 is 2.56 bits per heavy atom. The molecule has 1 aliphatic rings. The van der Waals surface area contributed by atoms with Crippen LogP contribution in [0.2, 0.25) is 0 Å². The van der Waals surface area contributed by atoms with Crippen molar-refractivity contribution in [2.75, 3.05) is 43.2 Å². The summed E-state index contributed by atoms with van der Waals surface area (Å²) in [5.41, 5.74) is 4.74. The topological polar surface area (TPSA) is 130 Å². The quantitative estimate of drug-likeness (QED) is 0.455. The number of urea groups is 1. The number of halogens is 3. The maximum Gasteiger partial charge on any atom is 0.417 e. The van der Waals surface area contributed by atoms with Gasteiger partial charge in [0.1, 0.15) is 11.5 Å². The lowest BCUT2D eigenvalue weighted by Gasteiger charge is -2.37. The van der Waals surface area contributed by atoms with E-state index in [-0.39, 0.29) is 17.8 Å². The van der Waals surface area contributed by atoms with E-state index in [2.05, 4.69) is 10.3 Å². The van der Waals surface area contributed by atoms with Crippen molar-refractivity contribution in [2.45, 2.75) is 25.1 Å². The molecule has 2 aromatic rings. The fourth-order valence-electron chi connectivity index (χ4n) is 3.77. The van der Waals surface area contributed by atoms with Gasteiger partial charge in [-0.3, -0.25) is 10.2 Å². The van der Waals surface area contributed by atoms with Crippen LogP contribution in [0.15, 0.2) is 29.3 Å². The van der Waals surface area contributed by atoms with Gasteiger partial charge in [0.25, 0.3) is 5.56 Å². The number of aromatic nitrogens is 2. The number of methoxy groups -OCH3 is 1. The third-order valence-electron chi connectivity index (χ3n) is 5.80. The number of nitrogen functional groups attached to an aromatic ring is 1. The fraction of sp³-hybridized carbons (Fsp3) is 0.429. The molecule has 4 N–H and O–H groups in total. The standard InChI is InChI=1S/C21H26F3N7O3/c1-29-11-12(21(22,23)24)8-16(19(29)32)28-20(33)30(2)13-4-6-31(7-5-13)14-9-15(18(26)34-3)17(25)27-10-14/h8-11,13,26H,4-7H2,1-3H3,(H2,25,27)(H,28,33). The molecular formula is C21H26F3N7O3. The molecule has 0 saturated carbocycles. The van der Waals surface area contributed by atoms with Gasteiger partial charge in [-0.05, 0) is 25.0 Å². The summed E-state index contributed by atoms with van der Waals surface area (Å²) in [5, 5.41) is 10.2. The van der Waals surface area contributed by atoms with E-state index in [4.69, 9.17) is 15.9 Å². The second-order valence-corrected chi connectivity index (χ2v) is 7.98. The van der Waals surface area contributed by atoms with Gasteiger partial charge in [-0.15, -0.1) is 0 Å². The van der Waals surface area contributed by atoms with Crippen molar-refractivity contribution >= 4 is 29.1 Å². The van der Waals surface area contributed by atoms with Gasteiger partial charge < -0.3 is 30.2 Å². The van der Waals surface area contributed by atoms with Crippen LogP contribution in [0.4, 0.5) is 35.2 Å². The molecule has 3 heterocycles. The number of nitrogens with two attached hydrogens (primary N) is 1. The zero-order chi connectivity index (χ0) is 25.2. The van der Waals surface area contributed by atoms with Crippen LogP contribution < -0.4 is 21.5 Å². The molecule has 0 radical (unpaired) electrons. The number of piperidine rings is 1. The normalized spacial score (nSPS) is 14.6. The molecular weight excluding hydrogens is 455 g/mol. The number of carbonyl (C=O) groups excluding carboxylic acids is 1. The number of alkyl halides is 3. The second-order valence-electron chi connectivity index (χ2n) is 7.98. The molecule has 0 atom stereocenters. The van der Waals surface area contributed by atoms with E-state index in [9.17, 15) is 22.8 Å². The summed E-state index contributed by atoms with van der Waals surface area (Å²) in [7, 11) is 4.10. The van der Waals surface area contributed by atoms with Crippen molar-refractivity contribution in [1.29, 1.82) is 5.41 Å². The zero-order valence-corrected chi connectivity index (χ0v) is 18.9. The maximum absolute atomic E-state index is 13.1. The minimum absolute atomic E-state index is 0.0983. The molecule has 2 amide bonds. The minimum Gasteiger partial charge on any atom is -0.481 e. The molecule has 0 bridgehead atoms. The second kappa shape index (κ2) is 9.61. The summed E-state index contributed by atoms with van der Waals surface area (Å²) in [6.07, 6.45) is -1.22. The number of nitrogens with one attached hydrogen (secondary N) is 2. The van der Waals surface area contributed by atoms with Gasteiger partial charge in [0.15, 0.2) is 0 Å². The van der Waals surface area contributed by atoms with E-state index in [1.54, 1.807) is 12.3 Å². The van der Waals surface area contributed by atoms with Crippen molar-refractivity contribution in [3.05, 3.63) is 46.0 Å². The summed E-state index contributed by atoms with van der Waals surface area (Å²) in [6, 6.07) is 1.50. The average Bonchev–Trinajstić information content (AvgIpc) is 2.80. The number of hydrogen-bond acceptors (Lipinski definition) is 7. The molecule has 3 rings (SSSR count). The number of carbonyl (C=O) groups is 1. The SMILES string of the molecule is COC(=N)c1cc(N2CCC(N(C)C(=O)Nc3cc(C(F)(F)F)cn(C)c3=O)CC2)cnc1N. The van der Waals surface area contributed by atoms with Crippen molar-refractivity contribution in [1.82, 2.24) is 14.5 Å². The molecule has 1 saturated heterocycles. The number of rotatable bonds is 4. The molecule has 1 fully saturated rings. The number of pyridine rings is 2. The van der Waals surface area contributed by atoms with Crippen LogP contribution in [0.5, 0.6) is 0 Å². The lowest BCUT2D eigenvalue weighted by Crippen LogP contribution is -2.47. The van der Waals surface area contributed by atoms with E-state index in [1.807, 2.05) is 4.90 Å². The van der Waals surface area contributed by atoms with E-state index in [0.29, 0.717) is 43.8 Å². The van der Waals surface area contributed by atoms with E-state index in [1.165, 1.54) is 26.1 Å². The third-order valence-corrected chi connectivity index (χ3v) is 5.80. The fourth-order valence-corrected chi connectivity index (χ4v) is 3.77. The highest BCUT2D eigenvalue weighted by atomic mass is 19.4. The van der Waals surface area contributed by atoms with Crippen LogP contribution in [0, 0.1) is 5.41 Å². The highest BCUT2D eigenvalue weighted by molar-refractivity contribution is 5.96. The summed E-state index contributed by atoms with van der Waals surface area (Å²) in [5.74, 6) is 0.0847. The van der Waals surface area contributed by atoms with E-state index >= 15 is 0 Å². The molecule has 2 aromatic heterocycles. The van der Waals surface area contributed by atoms with Crippen LogP contribution in [-0.2, 0) is 18.0 Å². The van der Waals surface area contributed by atoms with Crippen molar-refractivity contribution < 1.29 is 22.7 Å². The summed E-state index contributed by atoms with van der Waals surface area (Å²) < 4.78 is 45.0. The van der Waals surface area contributed by atoms with Crippen molar-refractivity contribution in [3.63, 3.8) is 0 Å². The monoisotopic (exact) mass is 481 g/mol. The maximum atomic E-state index is 13.1. The highest BCUT2D eigenvalue weighted by Gasteiger charge is 2.33. The smallest absolute Gasteiger partial charge is 0.417 e. The number of nitrogens with zero attached hydrogens (tertiary/aromatic N) is 4. The first-order valence-electron chi connectivity index (χ1n) is 10.4. The van der Waals surface area contributed by atoms with Crippen LogP contribution in [0.1, 0.15) is 24.0 Å². The Labute approximate surface area is 193 Å². The Morgan fingerprint density at radius 2 is 1.97 bits per heavy atom. The van der Waals surface area contributed by atoms with E-state index < -0.39 is 29.0 Å². The molecule has 13 heteroatoms.